The van der Waals surface area contributed by atoms with E-state index in [1.165, 1.54) is 4.68 Å². The molecule has 1 N–H and O–H groups in total. The van der Waals surface area contributed by atoms with Gasteiger partial charge in [-0.05, 0) is 41.7 Å². The third-order valence-electron chi connectivity index (χ3n) is 6.59. The Hall–Kier alpha value is -3.61. The number of hydrogen-bond donors (Lipinski definition) is 1. The van der Waals surface area contributed by atoms with Crippen molar-refractivity contribution in [3.63, 3.8) is 0 Å². The van der Waals surface area contributed by atoms with E-state index in [2.05, 4.69) is 18.9 Å². The van der Waals surface area contributed by atoms with Crippen LogP contribution in [0.1, 0.15) is 43.7 Å². The van der Waals surface area contributed by atoms with E-state index < -0.39 is 11.8 Å². The largest absolute Gasteiger partial charge is 0.454 e. The molecule has 1 fully saturated rings. The predicted molar refractivity (Wildman–Crippen MR) is 119 cm³/mol. The van der Waals surface area contributed by atoms with Crippen LogP contribution in [0, 0.1) is 11.3 Å². The average Bonchev–Trinajstić information content (AvgIpc) is 3.36. The van der Waals surface area contributed by atoms with Gasteiger partial charge < -0.3 is 9.47 Å². The smallest absolute Gasteiger partial charge is 0.277 e. The van der Waals surface area contributed by atoms with Crippen LogP contribution in [0.4, 0.5) is 5.82 Å². The van der Waals surface area contributed by atoms with E-state index in [0.29, 0.717) is 35.7 Å². The zero-order chi connectivity index (χ0) is 22.0. The first-order valence-electron chi connectivity index (χ1n) is 10.8. The maximum absolute atomic E-state index is 13.6. The van der Waals surface area contributed by atoms with Gasteiger partial charge in [-0.15, -0.1) is 0 Å². The first-order chi connectivity index (χ1) is 15.4. The lowest BCUT2D eigenvalue weighted by molar-refractivity contribution is -0.124. The van der Waals surface area contributed by atoms with Crippen molar-refractivity contribution in [1.29, 1.82) is 0 Å². The van der Waals surface area contributed by atoms with Gasteiger partial charge in [0.2, 0.25) is 6.79 Å². The van der Waals surface area contributed by atoms with Gasteiger partial charge in [-0.25, -0.2) is 9.67 Å². The Morgan fingerprint density at radius 1 is 1.00 bits per heavy atom. The molecule has 2 unspecified atom stereocenters. The third kappa shape index (κ3) is 2.84. The van der Waals surface area contributed by atoms with Crippen molar-refractivity contribution in [1.82, 2.24) is 9.78 Å². The molecule has 1 saturated carbocycles. The molecule has 6 rings (SSSR count). The number of benzene rings is 2. The van der Waals surface area contributed by atoms with Gasteiger partial charge in [-0.3, -0.25) is 14.7 Å². The molecule has 0 spiro atoms. The maximum Gasteiger partial charge on any atom is 0.277 e. The van der Waals surface area contributed by atoms with Crippen molar-refractivity contribution in [3.8, 4) is 17.2 Å². The number of hydrogen-bond acceptors (Lipinski definition) is 5. The second-order valence-electron chi connectivity index (χ2n) is 9.51. The summed E-state index contributed by atoms with van der Waals surface area (Å²) < 4.78 is 12.6. The summed E-state index contributed by atoms with van der Waals surface area (Å²) in [5, 5.41) is 3.19. The van der Waals surface area contributed by atoms with Crippen LogP contribution in [0.5, 0.6) is 11.5 Å². The fourth-order valence-corrected chi connectivity index (χ4v) is 5.26. The summed E-state index contributed by atoms with van der Waals surface area (Å²) in [6, 6.07) is 15.1. The van der Waals surface area contributed by atoms with Crippen LogP contribution in [0.25, 0.3) is 5.69 Å². The summed E-state index contributed by atoms with van der Waals surface area (Å²) in [6.07, 6.45) is 1.17. The molecule has 0 saturated heterocycles. The van der Waals surface area contributed by atoms with Crippen molar-refractivity contribution >= 4 is 17.3 Å². The molecule has 2 atom stereocenters. The zero-order valence-corrected chi connectivity index (χ0v) is 17.9. The molecule has 7 heteroatoms. The Balaban J connectivity index is 1.58. The highest BCUT2D eigenvalue weighted by Gasteiger charge is 2.47. The number of Topliss-reactive ketones (excluding diaryl/α,β-unsaturated/α-hetero) is 1. The van der Waals surface area contributed by atoms with Crippen molar-refractivity contribution < 1.29 is 14.3 Å². The molecule has 7 nitrogen and oxygen atoms in total. The molecule has 0 bridgehead atoms. The van der Waals surface area contributed by atoms with Crippen LogP contribution < -0.4 is 15.0 Å². The van der Waals surface area contributed by atoms with Gasteiger partial charge in [0.1, 0.15) is 5.78 Å². The quantitative estimate of drug-likeness (QED) is 0.664. The fraction of sp³-hybridized carbons (Fsp3) is 0.320. The topological polar surface area (TPSA) is 85.7 Å². The third-order valence-corrected chi connectivity index (χ3v) is 6.59. The minimum atomic E-state index is -0.455. The van der Waals surface area contributed by atoms with Crippen LogP contribution in [-0.4, -0.2) is 28.1 Å². The molecule has 3 aliphatic rings. The highest BCUT2D eigenvalue weighted by molar-refractivity contribution is 6.11. The SMILES string of the molecule is CC1(C)CC(=O)C2C(=Nc3[nH]n(-c4ccccc4)c(=O)c3C2c2ccc3c(c2)OCO3)C1. The van der Waals surface area contributed by atoms with Crippen LogP contribution >= 0.6 is 0 Å². The predicted octanol–water partition coefficient (Wildman–Crippen LogP) is 4.12. The Kier molecular flexibility index (Phi) is 4.00. The van der Waals surface area contributed by atoms with E-state index >= 15 is 0 Å². The number of aliphatic imine (C=N–C) groups is 1. The minimum absolute atomic E-state index is 0.125. The molecular formula is C25H23N3O4. The second kappa shape index (κ2) is 6.69. The van der Waals surface area contributed by atoms with Crippen molar-refractivity contribution in [2.45, 2.75) is 32.6 Å². The number of carbonyl (C=O) groups is 1. The Morgan fingerprint density at radius 3 is 2.59 bits per heavy atom. The van der Waals surface area contributed by atoms with E-state index in [1.54, 1.807) is 0 Å². The number of aromatic nitrogens is 2. The molecule has 0 radical (unpaired) electrons. The number of ketones is 1. The van der Waals surface area contributed by atoms with Crippen LogP contribution in [0.15, 0.2) is 58.3 Å². The van der Waals surface area contributed by atoms with E-state index in [1.807, 2.05) is 48.5 Å². The summed E-state index contributed by atoms with van der Waals surface area (Å²) >= 11 is 0. The van der Waals surface area contributed by atoms with E-state index in [9.17, 15) is 9.59 Å². The molecule has 32 heavy (non-hydrogen) atoms. The van der Waals surface area contributed by atoms with E-state index in [0.717, 1.165) is 17.0 Å². The molecule has 1 aromatic heterocycles. The second-order valence-corrected chi connectivity index (χ2v) is 9.51. The number of nitrogens with one attached hydrogen (secondary N) is 1. The van der Waals surface area contributed by atoms with Gasteiger partial charge in [0.15, 0.2) is 17.3 Å². The Bertz CT molecular complexity index is 1330. The Morgan fingerprint density at radius 2 is 1.78 bits per heavy atom. The lowest BCUT2D eigenvalue weighted by Crippen LogP contribution is -2.43. The molecule has 3 aromatic rings. The number of fused-ring (bicyclic) bond motifs is 3. The van der Waals surface area contributed by atoms with Crippen molar-refractivity contribution in [3.05, 3.63) is 70.0 Å². The van der Waals surface area contributed by atoms with Gasteiger partial charge in [0, 0.05) is 18.1 Å². The fourth-order valence-electron chi connectivity index (χ4n) is 5.26. The highest BCUT2D eigenvalue weighted by Crippen LogP contribution is 2.48. The minimum Gasteiger partial charge on any atom is -0.454 e. The maximum atomic E-state index is 13.6. The summed E-state index contributed by atoms with van der Waals surface area (Å²) in [7, 11) is 0. The molecule has 3 heterocycles. The van der Waals surface area contributed by atoms with Gasteiger partial charge >= 0.3 is 0 Å². The summed E-state index contributed by atoms with van der Waals surface area (Å²) in [4.78, 5) is 31.9. The summed E-state index contributed by atoms with van der Waals surface area (Å²) in [5.41, 5.74) is 2.60. The van der Waals surface area contributed by atoms with Crippen molar-refractivity contribution in [2.24, 2.45) is 16.3 Å². The lowest BCUT2D eigenvalue weighted by Gasteiger charge is -2.39. The zero-order valence-electron chi connectivity index (χ0n) is 17.9. The van der Waals surface area contributed by atoms with Gasteiger partial charge in [-0.1, -0.05) is 38.1 Å². The first-order valence-corrected chi connectivity index (χ1v) is 10.8. The lowest BCUT2D eigenvalue weighted by atomic mass is 9.64. The van der Waals surface area contributed by atoms with Crippen molar-refractivity contribution in [2.75, 3.05) is 6.79 Å². The molecule has 2 aliphatic heterocycles. The standard InChI is InChI=1S/C25H23N3O4/c1-25(2)11-16-21(17(29)12-25)20(14-8-9-18-19(10-14)32-13-31-18)22-23(26-16)27-28(24(22)30)15-6-4-3-5-7-15/h3-10,20-21,27H,11-13H2,1-2H3. The number of rotatable bonds is 2. The van der Waals surface area contributed by atoms with Gasteiger partial charge in [-0.2, -0.15) is 0 Å². The van der Waals surface area contributed by atoms with Crippen LogP contribution in [0.2, 0.25) is 0 Å². The molecule has 0 amide bonds. The average molecular weight is 429 g/mol. The Labute approximate surface area is 184 Å². The normalized spacial score (nSPS) is 22.8. The molecule has 2 aromatic carbocycles. The molecular weight excluding hydrogens is 406 g/mol. The number of ether oxygens (including phenoxy) is 2. The first kappa shape index (κ1) is 19.1. The number of para-hydroxylation sites is 1. The summed E-state index contributed by atoms with van der Waals surface area (Å²) in [6.45, 7) is 4.35. The molecule has 1 aliphatic carbocycles. The number of H-pyrrole nitrogens is 1. The number of carbonyl (C=O) groups excluding carboxylic acids is 1. The van der Waals surface area contributed by atoms with Crippen LogP contribution in [-0.2, 0) is 4.79 Å². The van der Waals surface area contributed by atoms with Gasteiger partial charge in [0.05, 0.1) is 17.2 Å². The van der Waals surface area contributed by atoms with Crippen LogP contribution in [0.3, 0.4) is 0 Å². The molecule has 162 valence electrons. The monoisotopic (exact) mass is 429 g/mol. The van der Waals surface area contributed by atoms with Gasteiger partial charge in [0.25, 0.3) is 5.56 Å². The number of aromatic amines is 1. The number of nitrogens with zero attached hydrogens (tertiary/aromatic N) is 2. The summed E-state index contributed by atoms with van der Waals surface area (Å²) in [5.74, 6) is 1.08. The van der Waals surface area contributed by atoms with E-state index in [-0.39, 0.29) is 23.6 Å². The highest BCUT2D eigenvalue weighted by atomic mass is 16.7. The van der Waals surface area contributed by atoms with E-state index in [4.69, 9.17) is 14.5 Å².